The summed E-state index contributed by atoms with van der Waals surface area (Å²) in [4.78, 5) is 11.8. The Kier molecular flexibility index (Phi) is 20.7. The molecule has 0 unspecified atom stereocenters. The zero-order valence-corrected chi connectivity index (χ0v) is 40.8. The first-order valence-electron chi connectivity index (χ1n) is 24.7. The first-order chi connectivity index (χ1) is 35.9. The Balaban J connectivity index is 0.950. The van der Waals surface area contributed by atoms with Gasteiger partial charge in [0.1, 0.15) is 158 Å². The number of ether oxygens (including phenoxy) is 9. The van der Waals surface area contributed by atoms with Crippen LogP contribution >= 0.6 is 0 Å². The van der Waals surface area contributed by atoms with Crippen molar-refractivity contribution in [1.29, 1.82) is 0 Å². The van der Waals surface area contributed by atoms with Gasteiger partial charge in [-0.3, -0.25) is 0 Å². The highest BCUT2D eigenvalue weighted by atomic mass is 16.8. The minimum atomic E-state index is -2.10. The van der Waals surface area contributed by atoms with Gasteiger partial charge >= 0.3 is 5.97 Å². The van der Waals surface area contributed by atoms with E-state index in [9.17, 15) is 107 Å². The van der Waals surface area contributed by atoms with Crippen LogP contribution in [-0.2, 0) is 47.4 Å². The standard InChI is InChI=1S/C44H72N2O30/c1-10-19(45-14-3-12(5-47)21(52)26(57)22(14)53)24(55)32(63)41(68-10)74-38-17(8-50)71-43(34(65)29(38)60)73-36-13(6-48)4-15(23(54)27(36)58)46-20-11(2)69-42(33(64)25(20)56)75-39-18(9-51)72-44(35(66)30(39)61)76-37-16(7-49)70-40(67)31(62)28(37)59/h3-4,10-11,14-39,41-66H,5-9H2,1-2H3/p+2/t10-,11-,14-,15-,16-,17-,18-,19-,20-,21-,22+,23+,24+,25+,26+,27-,28-,29-,30-,31-,32-,33-,34-,35-,36-,37-,38-,39-,41-,42-,43-,44-/m1/s1. The molecule has 0 radical (unpaired) electrons. The summed E-state index contributed by atoms with van der Waals surface area (Å²) in [7, 11) is 0. The monoisotopic (exact) mass is 1110 g/mol. The zero-order chi connectivity index (χ0) is 55.9. The molecule has 0 saturated carbocycles. The summed E-state index contributed by atoms with van der Waals surface area (Å²) in [6.45, 7) is -1.33. The van der Waals surface area contributed by atoms with Gasteiger partial charge in [-0.15, -0.1) is 0 Å². The zero-order valence-electron chi connectivity index (χ0n) is 40.8. The third-order valence-corrected chi connectivity index (χ3v) is 15.3. The molecular weight excluding hydrogens is 1040 g/mol. The second-order valence-corrected chi connectivity index (χ2v) is 20.1. The minimum absolute atomic E-state index is 0.0115. The van der Waals surface area contributed by atoms with Crippen molar-refractivity contribution in [1.82, 2.24) is 0 Å². The molecular formula is C44H74N2O30+2. The highest BCUT2D eigenvalue weighted by molar-refractivity contribution is 5.76. The van der Waals surface area contributed by atoms with Crippen LogP contribution in [0, 0.1) is 0 Å². The second kappa shape index (κ2) is 25.7. The lowest BCUT2D eigenvalue weighted by Crippen LogP contribution is -3.02. The van der Waals surface area contributed by atoms with Crippen LogP contribution in [0.25, 0.3) is 0 Å². The van der Waals surface area contributed by atoms with E-state index in [0.29, 0.717) is 0 Å². The molecule has 32 heteroatoms. The van der Waals surface area contributed by atoms with E-state index in [4.69, 9.17) is 42.6 Å². The van der Waals surface area contributed by atoms with E-state index in [1.54, 1.807) is 0 Å². The topological polar surface area (TPSA) is 538 Å². The molecule has 2 aliphatic carbocycles. The molecule has 0 aromatic carbocycles. The van der Waals surface area contributed by atoms with Gasteiger partial charge < -0.3 is 155 Å². The molecule has 5 aliphatic heterocycles. The van der Waals surface area contributed by atoms with Crippen LogP contribution in [0.5, 0.6) is 0 Å². The Bertz CT molecular complexity index is 1960. The molecule has 32 nitrogen and oxygen atoms in total. The Morgan fingerprint density at radius 3 is 1.24 bits per heavy atom. The first-order valence-corrected chi connectivity index (χ1v) is 24.7. The smallest absolute Gasteiger partial charge is 0.338 e. The first kappa shape index (κ1) is 61.4. The summed E-state index contributed by atoms with van der Waals surface area (Å²) in [6.07, 6.45) is -46.3. The Hall–Kier alpha value is -2.25. The molecule has 0 spiro atoms. The molecule has 5 fully saturated rings. The van der Waals surface area contributed by atoms with E-state index >= 15 is 0 Å². The van der Waals surface area contributed by atoms with Gasteiger partial charge in [-0.05, 0) is 37.1 Å². The number of esters is 1. The number of aliphatic hydroxyl groups is 20. The fourth-order valence-corrected chi connectivity index (χ4v) is 10.7. The SMILES string of the molecule is C[C@H]1O[C@H](O[C@H]2[C@H](O)[C@@H](O)[C@@H](O[C@H]3[C@H](O)[C@@H](O)C(=O)O[C@@H]3CO)O[C@@H]2CO)[C@H](O)[C@@H](O)[C@@H]1[NH2+][C@@H]1C=C(CO)[C@@H](O[C@H]2O[C@H](CO)[C@@H](O[C@H]3O[C@H](C)[C@@H]([NH2+][C@@H]4C=C(CO)[C@@H](O)[C@H](O)[C@H]4O)[C@H](O)[C@H]3O)[C@H](O)[C@H]2O)[C@H](O)[C@H]1O. The van der Waals surface area contributed by atoms with Crippen molar-refractivity contribution in [2.75, 3.05) is 33.0 Å². The van der Waals surface area contributed by atoms with Gasteiger partial charge in [0.2, 0.25) is 0 Å². The second-order valence-electron chi connectivity index (χ2n) is 20.1. The van der Waals surface area contributed by atoms with Crippen molar-refractivity contribution in [3.05, 3.63) is 23.3 Å². The van der Waals surface area contributed by atoms with Crippen LogP contribution < -0.4 is 10.6 Å². The molecule has 7 aliphatic rings. The Morgan fingerprint density at radius 2 is 0.803 bits per heavy atom. The molecule has 0 amide bonds. The third-order valence-electron chi connectivity index (χ3n) is 15.3. The summed E-state index contributed by atoms with van der Waals surface area (Å²) in [5.41, 5.74) is -0.104. The van der Waals surface area contributed by atoms with E-state index < -0.39 is 235 Å². The number of hydrogen-bond donors (Lipinski definition) is 22. The summed E-state index contributed by atoms with van der Waals surface area (Å²) in [6, 6.07) is -4.47. The molecule has 0 bridgehead atoms. The molecule has 438 valence electrons. The van der Waals surface area contributed by atoms with Gasteiger partial charge in [0.05, 0.1) is 33.0 Å². The lowest BCUT2D eigenvalue weighted by atomic mass is 9.86. The minimum Gasteiger partial charge on any atom is -0.455 e. The predicted molar refractivity (Wildman–Crippen MR) is 236 cm³/mol. The van der Waals surface area contributed by atoms with Crippen molar-refractivity contribution in [3.8, 4) is 0 Å². The van der Waals surface area contributed by atoms with E-state index in [-0.39, 0.29) is 11.1 Å². The summed E-state index contributed by atoms with van der Waals surface area (Å²) < 4.78 is 50.7. The van der Waals surface area contributed by atoms with Crippen LogP contribution in [0.2, 0.25) is 0 Å². The summed E-state index contributed by atoms with van der Waals surface area (Å²) in [5, 5.41) is 217. The maximum atomic E-state index is 11.8. The number of quaternary nitrogens is 2. The van der Waals surface area contributed by atoms with Gasteiger partial charge in [-0.2, -0.15) is 0 Å². The maximum Gasteiger partial charge on any atom is 0.338 e. The highest BCUT2D eigenvalue weighted by Crippen LogP contribution is 2.35. The maximum absolute atomic E-state index is 11.8. The summed E-state index contributed by atoms with van der Waals surface area (Å²) >= 11 is 0. The number of hydrogen-bond acceptors (Lipinski definition) is 30. The molecule has 0 aromatic rings. The quantitative estimate of drug-likeness (QED) is 0.0475. The van der Waals surface area contributed by atoms with Crippen molar-refractivity contribution in [2.45, 2.75) is 210 Å². The van der Waals surface area contributed by atoms with Gasteiger partial charge in [-0.1, -0.05) is 0 Å². The van der Waals surface area contributed by atoms with Crippen molar-refractivity contribution < 1.29 is 160 Å². The van der Waals surface area contributed by atoms with Crippen molar-refractivity contribution in [3.63, 3.8) is 0 Å². The molecule has 0 aromatic heterocycles. The average molecular weight is 1110 g/mol. The van der Waals surface area contributed by atoms with Crippen LogP contribution in [0.1, 0.15) is 13.8 Å². The fourth-order valence-electron chi connectivity index (χ4n) is 10.7. The van der Waals surface area contributed by atoms with Crippen LogP contribution in [0.15, 0.2) is 23.3 Å². The molecule has 24 N–H and O–H groups in total. The van der Waals surface area contributed by atoms with E-state index in [1.165, 1.54) is 36.6 Å². The van der Waals surface area contributed by atoms with Crippen molar-refractivity contribution in [2.24, 2.45) is 0 Å². The van der Waals surface area contributed by atoms with Gasteiger partial charge in [0.25, 0.3) is 0 Å². The molecule has 7 rings (SSSR count). The predicted octanol–water partition coefficient (Wildman–Crippen LogP) is -15.8. The van der Waals surface area contributed by atoms with Crippen molar-refractivity contribution >= 4 is 5.97 Å². The summed E-state index contributed by atoms with van der Waals surface area (Å²) in [5.74, 6) is -1.26. The Labute approximate surface area is 431 Å². The van der Waals surface area contributed by atoms with Gasteiger partial charge in [-0.25, -0.2) is 4.79 Å². The van der Waals surface area contributed by atoms with Crippen LogP contribution in [0.4, 0.5) is 0 Å². The number of cyclic esters (lactones) is 1. The molecule has 5 saturated heterocycles. The number of rotatable bonds is 17. The highest BCUT2D eigenvalue weighted by Gasteiger charge is 2.57. The largest absolute Gasteiger partial charge is 0.455 e. The Morgan fingerprint density at radius 1 is 0.421 bits per heavy atom. The average Bonchev–Trinajstić information content (AvgIpc) is 3.41. The van der Waals surface area contributed by atoms with Gasteiger partial charge in [0.15, 0.2) is 37.4 Å². The van der Waals surface area contributed by atoms with Crippen LogP contribution in [-0.4, -0.2) is 337 Å². The normalized spacial score (nSPS) is 51.4. The number of carbonyl (C=O) groups excluding carboxylic acids is 1. The van der Waals surface area contributed by atoms with Crippen LogP contribution in [0.3, 0.4) is 0 Å². The van der Waals surface area contributed by atoms with E-state index in [0.717, 1.165) is 0 Å². The molecule has 5 heterocycles. The third kappa shape index (κ3) is 12.2. The fraction of sp³-hybridized carbons (Fsp3) is 0.886. The van der Waals surface area contributed by atoms with Gasteiger partial charge in [0, 0.05) is 0 Å². The molecule has 32 atom stereocenters. The lowest BCUT2D eigenvalue weighted by Gasteiger charge is -2.48. The number of nitrogens with two attached hydrogens (primary N) is 2. The molecule has 76 heavy (non-hydrogen) atoms. The van der Waals surface area contributed by atoms with E-state index in [2.05, 4.69) is 0 Å². The number of carbonyl (C=O) groups is 1. The number of aliphatic hydroxyl groups excluding tert-OH is 20. The van der Waals surface area contributed by atoms with E-state index in [1.807, 2.05) is 0 Å². The lowest BCUT2D eigenvalue weighted by molar-refractivity contribution is -0.739.